The Bertz CT molecular complexity index is 1010. The summed E-state index contributed by atoms with van der Waals surface area (Å²) in [5.41, 5.74) is 1.02. The summed E-state index contributed by atoms with van der Waals surface area (Å²) in [6.07, 6.45) is 4.10. The lowest BCUT2D eigenvalue weighted by Gasteiger charge is -2.37. The molecule has 0 bridgehead atoms. The van der Waals surface area contributed by atoms with Gasteiger partial charge in [0.15, 0.2) is 0 Å². The first-order valence-electron chi connectivity index (χ1n) is 9.86. The van der Waals surface area contributed by atoms with Crippen LogP contribution in [0.25, 0.3) is 0 Å². The van der Waals surface area contributed by atoms with Crippen molar-refractivity contribution in [3.63, 3.8) is 0 Å². The van der Waals surface area contributed by atoms with Crippen molar-refractivity contribution < 1.29 is 13.2 Å². The van der Waals surface area contributed by atoms with Crippen molar-refractivity contribution in [2.45, 2.75) is 56.1 Å². The Morgan fingerprint density at radius 1 is 1.00 bits per heavy atom. The molecule has 1 fully saturated rings. The largest absolute Gasteiger partial charge is 0.273 e. The van der Waals surface area contributed by atoms with Crippen LogP contribution in [0, 0.1) is 11.3 Å². The molecule has 29 heavy (non-hydrogen) atoms. The lowest BCUT2D eigenvalue weighted by molar-refractivity contribution is -0.126. The van der Waals surface area contributed by atoms with Crippen LogP contribution in [-0.4, -0.2) is 14.3 Å². The van der Waals surface area contributed by atoms with Crippen molar-refractivity contribution in [1.29, 1.82) is 5.26 Å². The fourth-order valence-corrected chi connectivity index (χ4v) is 5.15. The number of carbonyl (C=O) groups excluding carboxylic acids is 1. The van der Waals surface area contributed by atoms with E-state index in [2.05, 4.69) is 4.72 Å². The predicted molar refractivity (Wildman–Crippen MR) is 112 cm³/mol. The van der Waals surface area contributed by atoms with E-state index in [4.69, 9.17) is 5.26 Å². The van der Waals surface area contributed by atoms with Gasteiger partial charge in [-0.3, -0.25) is 9.52 Å². The summed E-state index contributed by atoms with van der Waals surface area (Å²) in [6.45, 7) is 3.14. The highest BCUT2D eigenvalue weighted by Crippen LogP contribution is 2.40. The Labute approximate surface area is 172 Å². The zero-order chi connectivity index (χ0) is 21.1. The first-order valence-corrected chi connectivity index (χ1v) is 11.3. The van der Waals surface area contributed by atoms with E-state index in [1.807, 2.05) is 36.4 Å². The quantitative estimate of drug-likeness (QED) is 0.802. The molecule has 0 aromatic heterocycles. The lowest BCUT2D eigenvalue weighted by atomic mass is 9.69. The van der Waals surface area contributed by atoms with Gasteiger partial charge in [-0.2, -0.15) is 5.26 Å². The molecule has 5 nitrogen and oxygen atoms in total. The van der Waals surface area contributed by atoms with Crippen molar-refractivity contribution in [1.82, 2.24) is 4.72 Å². The van der Waals surface area contributed by atoms with Gasteiger partial charge < -0.3 is 0 Å². The maximum atomic E-state index is 13.4. The molecular weight excluding hydrogens is 384 g/mol. The maximum absolute atomic E-state index is 13.4. The summed E-state index contributed by atoms with van der Waals surface area (Å²) < 4.78 is 27.5. The lowest BCUT2D eigenvalue weighted by Crippen LogP contribution is -2.51. The molecule has 0 unspecified atom stereocenters. The van der Waals surface area contributed by atoms with Gasteiger partial charge in [0.1, 0.15) is 4.75 Å². The monoisotopic (exact) mass is 410 g/mol. The van der Waals surface area contributed by atoms with Crippen LogP contribution in [0.15, 0.2) is 54.6 Å². The molecule has 0 saturated heterocycles. The minimum Gasteiger partial charge on any atom is -0.273 e. The zero-order valence-electron chi connectivity index (χ0n) is 16.8. The second kappa shape index (κ2) is 8.00. The molecule has 1 N–H and O–H groups in total. The van der Waals surface area contributed by atoms with Gasteiger partial charge in [0, 0.05) is 0 Å². The molecule has 1 amide bonds. The van der Waals surface area contributed by atoms with E-state index in [1.165, 1.54) is 0 Å². The van der Waals surface area contributed by atoms with E-state index >= 15 is 0 Å². The highest BCUT2D eigenvalue weighted by atomic mass is 32.2. The molecule has 0 atom stereocenters. The number of rotatable bonds is 5. The predicted octanol–water partition coefficient (Wildman–Crippen LogP) is 4.14. The van der Waals surface area contributed by atoms with Gasteiger partial charge in [0.25, 0.3) is 0 Å². The van der Waals surface area contributed by atoms with E-state index in [0.717, 1.165) is 24.8 Å². The number of hydrogen-bond acceptors (Lipinski definition) is 4. The normalized spacial score (nSPS) is 16.6. The van der Waals surface area contributed by atoms with Crippen LogP contribution >= 0.6 is 0 Å². The highest BCUT2D eigenvalue weighted by molar-refractivity contribution is 7.91. The number of carbonyl (C=O) groups is 1. The Morgan fingerprint density at radius 2 is 1.59 bits per heavy atom. The minimum atomic E-state index is -4.01. The Kier molecular flexibility index (Phi) is 5.81. The second-order valence-electron chi connectivity index (χ2n) is 8.14. The van der Waals surface area contributed by atoms with Crippen LogP contribution in [-0.2, 0) is 25.0 Å². The minimum absolute atomic E-state index is 0.454. The fourth-order valence-electron chi connectivity index (χ4n) is 4.01. The van der Waals surface area contributed by atoms with Crippen molar-refractivity contribution in [3.8, 4) is 6.07 Å². The summed E-state index contributed by atoms with van der Waals surface area (Å²) in [5.74, 6) is -0.454. The number of benzene rings is 2. The number of sulfonamides is 1. The Hall–Kier alpha value is -2.65. The number of nitrogens with zero attached hydrogens (tertiary/aromatic N) is 1. The van der Waals surface area contributed by atoms with E-state index in [0.29, 0.717) is 24.0 Å². The first kappa shape index (κ1) is 21.1. The molecule has 1 aliphatic rings. The fraction of sp³-hybridized carbons (Fsp3) is 0.391. The summed E-state index contributed by atoms with van der Waals surface area (Å²) in [5, 5.41) is 8.97. The molecule has 1 aliphatic carbocycles. The van der Waals surface area contributed by atoms with E-state index in [9.17, 15) is 13.2 Å². The molecule has 0 heterocycles. The van der Waals surface area contributed by atoms with Crippen LogP contribution in [0.2, 0.25) is 0 Å². The number of hydrogen-bond donors (Lipinski definition) is 1. The average Bonchev–Trinajstić information content (AvgIpc) is 2.74. The molecule has 0 aliphatic heterocycles. The SMILES string of the molecule is CC(C)(c1ccc(C#N)cc1)S(=O)(=O)NC(=O)C1(c2ccccc2)CCCCC1. The van der Waals surface area contributed by atoms with Gasteiger partial charge in [-0.1, -0.05) is 61.7 Å². The molecule has 2 aromatic carbocycles. The van der Waals surface area contributed by atoms with Gasteiger partial charge in [0.2, 0.25) is 15.9 Å². The van der Waals surface area contributed by atoms with Crippen LogP contribution < -0.4 is 4.72 Å². The molecule has 2 aromatic rings. The second-order valence-corrected chi connectivity index (χ2v) is 10.4. The summed E-state index contributed by atoms with van der Waals surface area (Å²) >= 11 is 0. The van der Waals surface area contributed by atoms with Gasteiger partial charge in [0.05, 0.1) is 17.0 Å². The summed E-state index contributed by atoms with van der Waals surface area (Å²) in [6, 6.07) is 17.9. The third-order valence-electron chi connectivity index (χ3n) is 6.08. The molecule has 0 radical (unpaired) electrons. The summed E-state index contributed by atoms with van der Waals surface area (Å²) in [4.78, 5) is 13.4. The number of nitrogens with one attached hydrogen (secondary N) is 1. The number of amides is 1. The van der Waals surface area contributed by atoms with Crippen molar-refractivity contribution >= 4 is 15.9 Å². The average molecular weight is 411 g/mol. The van der Waals surface area contributed by atoms with Crippen LogP contribution in [0.3, 0.4) is 0 Å². The maximum Gasteiger partial charge on any atom is 0.244 e. The molecule has 6 heteroatoms. The summed E-state index contributed by atoms with van der Waals surface area (Å²) in [7, 11) is -4.01. The molecular formula is C23H26N2O3S. The van der Waals surface area contributed by atoms with Crippen molar-refractivity contribution in [2.75, 3.05) is 0 Å². The topological polar surface area (TPSA) is 87.0 Å². The van der Waals surface area contributed by atoms with Gasteiger partial charge in [-0.15, -0.1) is 0 Å². The van der Waals surface area contributed by atoms with Gasteiger partial charge in [-0.05, 0) is 49.9 Å². The Balaban J connectivity index is 1.93. The molecule has 3 rings (SSSR count). The van der Waals surface area contributed by atoms with Crippen molar-refractivity contribution in [2.24, 2.45) is 0 Å². The van der Waals surface area contributed by atoms with Crippen LogP contribution in [0.1, 0.15) is 62.6 Å². The molecule has 152 valence electrons. The zero-order valence-corrected chi connectivity index (χ0v) is 17.6. The van der Waals surface area contributed by atoms with E-state index in [-0.39, 0.29) is 0 Å². The first-order chi connectivity index (χ1) is 13.7. The van der Waals surface area contributed by atoms with Gasteiger partial charge in [-0.25, -0.2) is 8.42 Å². The van der Waals surface area contributed by atoms with Crippen molar-refractivity contribution in [3.05, 3.63) is 71.3 Å². The van der Waals surface area contributed by atoms with Gasteiger partial charge >= 0.3 is 0 Å². The van der Waals surface area contributed by atoms with Crippen LogP contribution in [0.4, 0.5) is 0 Å². The Morgan fingerprint density at radius 3 is 2.14 bits per heavy atom. The third kappa shape index (κ3) is 3.92. The third-order valence-corrected chi connectivity index (χ3v) is 8.11. The van der Waals surface area contributed by atoms with E-state index in [1.54, 1.807) is 38.1 Å². The molecule has 1 saturated carbocycles. The molecule has 0 spiro atoms. The smallest absolute Gasteiger partial charge is 0.244 e. The standard InChI is InChI=1S/C23H26N2O3S/c1-22(2,19-13-11-18(17-24)12-14-19)29(27,28)25-21(26)23(15-7-4-8-16-23)20-9-5-3-6-10-20/h3,5-6,9-14H,4,7-8,15-16H2,1-2H3,(H,25,26). The van der Waals surface area contributed by atoms with E-state index < -0.39 is 26.1 Å². The van der Waals surface area contributed by atoms with Crippen LogP contribution in [0.5, 0.6) is 0 Å². The highest BCUT2D eigenvalue weighted by Gasteiger charge is 2.45. The number of nitriles is 1.